The Kier molecular flexibility index (Phi) is 4.30. The molecule has 0 fully saturated rings. The molecule has 3 N–H and O–H groups in total. The van der Waals surface area contributed by atoms with Crippen LogP contribution in [0.2, 0.25) is 0 Å². The average Bonchev–Trinajstić information content (AvgIpc) is 2.41. The first kappa shape index (κ1) is 13.3. The molecule has 0 unspecified atom stereocenters. The smallest absolute Gasteiger partial charge is 0.248 e. The van der Waals surface area contributed by atoms with Crippen molar-refractivity contribution in [2.24, 2.45) is 0 Å². The number of amides is 1. The molecular formula is C14H12BrN3O. The Hall–Kier alpha value is -2.14. The predicted octanol–water partition coefficient (Wildman–Crippen LogP) is 3.08. The number of halogens is 1. The number of rotatable bonds is 3. The van der Waals surface area contributed by atoms with Gasteiger partial charge in [-0.25, -0.2) is 0 Å². The van der Waals surface area contributed by atoms with Crippen LogP contribution >= 0.6 is 15.9 Å². The SMILES string of the molecule is Nc1ccc(/C=C/C(=O)Nc2ccncc2Br)cc1. The largest absolute Gasteiger partial charge is 0.399 e. The fourth-order valence-corrected chi connectivity index (χ4v) is 1.78. The normalized spacial score (nSPS) is 10.6. The van der Waals surface area contributed by atoms with Crippen LogP contribution in [-0.4, -0.2) is 10.9 Å². The zero-order valence-corrected chi connectivity index (χ0v) is 11.6. The number of carbonyl (C=O) groups is 1. The van der Waals surface area contributed by atoms with Gasteiger partial charge in [0.05, 0.1) is 10.2 Å². The van der Waals surface area contributed by atoms with Crippen LogP contribution in [-0.2, 0) is 4.79 Å². The molecule has 1 heterocycles. The minimum atomic E-state index is -0.205. The van der Waals surface area contributed by atoms with E-state index in [1.165, 1.54) is 6.08 Å². The molecule has 2 rings (SSSR count). The number of hydrogen-bond acceptors (Lipinski definition) is 3. The highest BCUT2D eigenvalue weighted by Gasteiger charge is 2.01. The number of benzene rings is 1. The Morgan fingerprint density at radius 2 is 2.00 bits per heavy atom. The number of nitrogens with two attached hydrogens (primary N) is 1. The number of nitrogens with zero attached hydrogens (tertiary/aromatic N) is 1. The molecule has 0 saturated heterocycles. The van der Waals surface area contributed by atoms with Crippen molar-refractivity contribution in [1.29, 1.82) is 0 Å². The second-order valence-corrected chi connectivity index (χ2v) is 4.70. The van der Waals surface area contributed by atoms with E-state index in [4.69, 9.17) is 5.73 Å². The van der Waals surface area contributed by atoms with Gasteiger partial charge < -0.3 is 11.1 Å². The van der Waals surface area contributed by atoms with Gasteiger partial charge in [0, 0.05) is 24.2 Å². The summed E-state index contributed by atoms with van der Waals surface area (Å²) in [6.07, 6.45) is 6.44. The van der Waals surface area contributed by atoms with Gasteiger partial charge in [0.1, 0.15) is 0 Å². The number of carbonyl (C=O) groups excluding carboxylic acids is 1. The van der Waals surface area contributed by atoms with Gasteiger partial charge in [0.25, 0.3) is 0 Å². The highest BCUT2D eigenvalue weighted by Crippen LogP contribution is 2.19. The zero-order chi connectivity index (χ0) is 13.7. The zero-order valence-electron chi connectivity index (χ0n) is 10.0. The molecule has 0 spiro atoms. The number of nitrogens with one attached hydrogen (secondary N) is 1. The van der Waals surface area contributed by atoms with E-state index in [0.29, 0.717) is 11.4 Å². The number of nitrogen functional groups attached to an aromatic ring is 1. The molecule has 0 aliphatic carbocycles. The van der Waals surface area contributed by atoms with Gasteiger partial charge in [0.15, 0.2) is 0 Å². The third-order valence-electron chi connectivity index (χ3n) is 2.39. The third kappa shape index (κ3) is 3.93. The van der Waals surface area contributed by atoms with Gasteiger partial charge >= 0.3 is 0 Å². The number of anilines is 2. The summed E-state index contributed by atoms with van der Waals surface area (Å²) in [5, 5.41) is 2.75. The molecule has 0 saturated carbocycles. The van der Waals surface area contributed by atoms with Crippen LogP contribution in [0.15, 0.2) is 53.3 Å². The fraction of sp³-hybridized carbons (Fsp3) is 0. The molecule has 1 aromatic carbocycles. The molecular weight excluding hydrogens is 306 g/mol. The van der Waals surface area contributed by atoms with E-state index in [-0.39, 0.29) is 5.91 Å². The first-order chi connectivity index (χ1) is 9.15. The van der Waals surface area contributed by atoms with Gasteiger partial charge in [-0.3, -0.25) is 9.78 Å². The molecule has 2 aromatic rings. The Labute approximate surface area is 119 Å². The van der Waals surface area contributed by atoms with Crippen LogP contribution in [0.5, 0.6) is 0 Å². The lowest BCUT2D eigenvalue weighted by atomic mass is 10.2. The van der Waals surface area contributed by atoms with Crippen molar-refractivity contribution in [3.8, 4) is 0 Å². The van der Waals surface area contributed by atoms with Crippen molar-refractivity contribution < 1.29 is 4.79 Å². The number of pyridine rings is 1. The van der Waals surface area contributed by atoms with E-state index in [0.717, 1.165) is 10.0 Å². The molecule has 0 radical (unpaired) electrons. The van der Waals surface area contributed by atoms with Crippen molar-refractivity contribution in [3.63, 3.8) is 0 Å². The molecule has 4 nitrogen and oxygen atoms in total. The predicted molar refractivity (Wildman–Crippen MR) is 80.5 cm³/mol. The maximum Gasteiger partial charge on any atom is 0.248 e. The molecule has 1 amide bonds. The van der Waals surface area contributed by atoms with Crippen molar-refractivity contribution in [2.45, 2.75) is 0 Å². The van der Waals surface area contributed by atoms with Crippen molar-refractivity contribution in [2.75, 3.05) is 11.1 Å². The molecule has 0 atom stereocenters. The molecule has 0 bridgehead atoms. The quantitative estimate of drug-likeness (QED) is 0.675. The Morgan fingerprint density at radius 1 is 1.26 bits per heavy atom. The maximum absolute atomic E-state index is 11.7. The van der Waals surface area contributed by atoms with E-state index in [1.54, 1.807) is 36.7 Å². The van der Waals surface area contributed by atoms with Gasteiger partial charge in [-0.1, -0.05) is 12.1 Å². The molecule has 1 aromatic heterocycles. The fourth-order valence-electron chi connectivity index (χ4n) is 1.43. The molecule has 96 valence electrons. The monoisotopic (exact) mass is 317 g/mol. The van der Waals surface area contributed by atoms with Gasteiger partial charge in [0.2, 0.25) is 5.91 Å². The molecule has 19 heavy (non-hydrogen) atoms. The summed E-state index contributed by atoms with van der Waals surface area (Å²) >= 11 is 3.31. The molecule has 5 heteroatoms. The Balaban J connectivity index is 2.02. The highest BCUT2D eigenvalue weighted by atomic mass is 79.9. The second-order valence-electron chi connectivity index (χ2n) is 3.84. The first-order valence-electron chi connectivity index (χ1n) is 5.59. The van der Waals surface area contributed by atoms with Crippen LogP contribution in [0.1, 0.15) is 5.56 Å². The summed E-state index contributed by atoms with van der Waals surface area (Å²) in [4.78, 5) is 15.7. The summed E-state index contributed by atoms with van der Waals surface area (Å²) in [6.45, 7) is 0. The molecule has 0 aliphatic heterocycles. The number of hydrogen-bond donors (Lipinski definition) is 2. The topological polar surface area (TPSA) is 68.0 Å². The maximum atomic E-state index is 11.7. The van der Waals surface area contributed by atoms with Crippen molar-refractivity contribution in [1.82, 2.24) is 4.98 Å². The van der Waals surface area contributed by atoms with E-state index in [2.05, 4.69) is 26.2 Å². The average molecular weight is 318 g/mol. The van der Waals surface area contributed by atoms with E-state index >= 15 is 0 Å². The lowest BCUT2D eigenvalue weighted by Crippen LogP contribution is -2.08. The van der Waals surface area contributed by atoms with Gasteiger partial charge in [-0.05, 0) is 45.8 Å². The summed E-state index contributed by atoms with van der Waals surface area (Å²) in [5.74, 6) is -0.205. The standard InChI is InChI=1S/C14H12BrN3O/c15-12-9-17-8-7-13(12)18-14(19)6-3-10-1-4-11(16)5-2-10/h1-9H,16H2,(H,17,18,19)/b6-3+. The summed E-state index contributed by atoms with van der Waals surface area (Å²) < 4.78 is 0.740. The lowest BCUT2D eigenvalue weighted by Gasteiger charge is -2.03. The highest BCUT2D eigenvalue weighted by molar-refractivity contribution is 9.10. The Morgan fingerprint density at radius 3 is 2.68 bits per heavy atom. The Bertz CT molecular complexity index is 608. The minimum Gasteiger partial charge on any atom is -0.399 e. The van der Waals surface area contributed by atoms with Crippen LogP contribution in [0.3, 0.4) is 0 Å². The lowest BCUT2D eigenvalue weighted by molar-refractivity contribution is -0.111. The second kappa shape index (κ2) is 6.15. The number of aromatic nitrogens is 1. The van der Waals surface area contributed by atoms with Crippen LogP contribution in [0.4, 0.5) is 11.4 Å². The van der Waals surface area contributed by atoms with Crippen LogP contribution in [0, 0.1) is 0 Å². The third-order valence-corrected chi connectivity index (χ3v) is 3.03. The molecule has 0 aliphatic rings. The van der Waals surface area contributed by atoms with Gasteiger partial charge in [-0.2, -0.15) is 0 Å². The van der Waals surface area contributed by atoms with Gasteiger partial charge in [-0.15, -0.1) is 0 Å². The van der Waals surface area contributed by atoms with E-state index in [1.807, 2.05) is 12.1 Å². The van der Waals surface area contributed by atoms with Crippen molar-refractivity contribution in [3.05, 3.63) is 58.8 Å². The van der Waals surface area contributed by atoms with E-state index in [9.17, 15) is 4.79 Å². The summed E-state index contributed by atoms with van der Waals surface area (Å²) in [5.41, 5.74) is 7.88. The first-order valence-corrected chi connectivity index (χ1v) is 6.38. The van der Waals surface area contributed by atoms with E-state index < -0.39 is 0 Å². The summed E-state index contributed by atoms with van der Waals surface area (Å²) in [6, 6.07) is 9.00. The minimum absolute atomic E-state index is 0.205. The van der Waals surface area contributed by atoms with Crippen LogP contribution < -0.4 is 11.1 Å². The van der Waals surface area contributed by atoms with Crippen molar-refractivity contribution >= 4 is 39.3 Å². The summed E-state index contributed by atoms with van der Waals surface area (Å²) in [7, 11) is 0. The van der Waals surface area contributed by atoms with Crippen LogP contribution in [0.25, 0.3) is 6.08 Å².